The van der Waals surface area contributed by atoms with Gasteiger partial charge in [-0.1, -0.05) is 19.6 Å². The molecule has 0 aromatic heterocycles. The Morgan fingerprint density at radius 1 is 0.976 bits per heavy atom. The van der Waals surface area contributed by atoms with Crippen molar-refractivity contribution >= 4 is 41.5 Å². The second-order valence-corrected chi connectivity index (χ2v) is 12.0. The van der Waals surface area contributed by atoms with Crippen LogP contribution >= 0.6 is 23.5 Å². The Labute approximate surface area is 257 Å². The first kappa shape index (κ1) is 39.2. The maximum Gasteiger partial charge on any atom is 0.405 e. The van der Waals surface area contributed by atoms with E-state index in [-0.39, 0.29) is 51.8 Å². The lowest BCUT2D eigenvalue weighted by molar-refractivity contribution is -0.147. The van der Waals surface area contributed by atoms with Gasteiger partial charge in [-0.3, -0.25) is 4.79 Å². The van der Waals surface area contributed by atoms with E-state index >= 15 is 0 Å². The van der Waals surface area contributed by atoms with E-state index in [9.17, 15) is 18.8 Å². The molecule has 1 atom stereocenters. The van der Waals surface area contributed by atoms with Crippen LogP contribution in [-0.4, -0.2) is 71.2 Å². The molecule has 0 bridgehead atoms. The quantitative estimate of drug-likeness (QED) is 0.172. The molecule has 2 amide bonds. The molecule has 2 rings (SSSR count). The number of carbonyl (C=O) groups excluding carboxylic acids is 3. The fourth-order valence-corrected chi connectivity index (χ4v) is 5.01. The van der Waals surface area contributed by atoms with Gasteiger partial charge in [0.05, 0.1) is 19.8 Å². The van der Waals surface area contributed by atoms with Crippen LogP contribution in [0.1, 0.15) is 52.7 Å². The third-order valence-corrected chi connectivity index (χ3v) is 6.88. The van der Waals surface area contributed by atoms with Crippen molar-refractivity contribution in [3.63, 3.8) is 0 Å². The monoisotopic (exact) mass is 628 g/mol. The Morgan fingerprint density at radius 2 is 1.52 bits per heavy atom. The molecular weight excluding hydrogens is 583 g/mol. The number of halogens is 1. The highest BCUT2D eigenvalue weighted by molar-refractivity contribution is 8.00. The number of esters is 1. The Bertz CT molecular complexity index is 1070. The third kappa shape index (κ3) is 17.9. The second kappa shape index (κ2) is 21.0. The number of aliphatic hydroxyl groups is 2. The number of primary amides is 1. The summed E-state index contributed by atoms with van der Waals surface area (Å²) < 4.78 is 22.9. The molecule has 42 heavy (non-hydrogen) atoms. The first-order chi connectivity index (χ1) is 19.4. The van der Waals surface area contributed by atoms with Crippen LogP contribution in [0.5, 0.6) is 0 Å². The van der Waals surface area contributed by atoms with Crippen LogP contribution in [0.25, 0.3) is 0 Å². The zero-order chi connectivity index (χ0) is 30.8. The molecule has 12 heteroatoms. The molecular formula is C30H45FN2O7S2. The van der Waals surface area contributed by atoms with Crippen LogP contribution in [0, 0.1) is 5.82 Å². The van der Waals surface area contributed by atoms with E-state index in [1.807, 2.05) is 18.2 Å². The zero-order valence-corrected chi connectivity index (χ0v) is 25.6. The van der Waals surface area contributed by atoms with E-state index in [4.69, 9.17) is 20.7 Å². The van der Waals surface area contributed by atoms with E-state index in [1.165, 1.54) is 35.7 Å². The molecule has 0 spiro atoms. The van der Waals surface area contributed by atoms with Crippen LogP contribution in [-0.2, 0) is 31.9 Å². The lowest BCUT2D eigenvalue weighted by Crippen LogP contribution is -2.43. The van der Waals surface area contributed by atoms with Gasteiger partial charge in [0.25, 0.3) is 0 Å². The topological polar surface area (TPSA) is 148 Å². The average Bonchev–Trinajstić information content (AvgIpc) is 2.89. The van der Waals surface area contributed by atoms with Gasteiger partial charge in [-0.2, -0.15) is 0 Å². The number of aliphatic hydroxyl groups excluding tert-OH is 2. The van der Waals surface area contributed by atoms with Gasteiger partial charge in [0.1, 0.15) is 17.5 Å². The molecule has 5 N–H and O–H groups in total. The summed E-state index contributed by atoms with van der Waals surface area (Å²) in [6.07, 6.45) is 0.132. The van der Waals surface area contributed by atoms with Gasteiger partial charge in [0.15, 0.2) is 0 Å². The van der Waals surface area contributed by atoms with E-state index < -0.39 is 23.7 Å². The van der Waals surface area contributed by atoms with Crippen LogP contribution in [0.4, 0.5) is 9.18 Å². The summed E-state index contributed by atoms with van der Waals surface area (Å²) in [4.78, 5) is 37.0. The molecule has 236 valence electrons. The largest absolute Gasteiger partial charge is 0.464 e. The molecule has 0 fully saturated rings. The minimum absolute atomic E-state index is 0. The number of rotatable bonds is 14. The average molecular weight is 629 g/mol. The number of carbonyl (C=O) groups is 3. The minimum atomic E-state index is -0.856. The number of benzene rings is 2. The van der Waals surface area contributed by atoms with E-state index in [2.05, 4.69) is 10.1 Å². The van der Waals surface area contributed by atoms with Crippen molar-refractivity contribution in [3.05, 3.63) is 59.4 Å². The van der Waals surface area contributed by atoms with Crippen molar-refractivity contribution in [3.8, 4) is 0 Å². The number of ether oxygens (including phenoxy) is 2. The highest BCUT2D eigenvalue weighted by Crippen LogP contribution is 2.27. The fraction of sp³-hybridized carbons (Fsp3) is 0.500. The molecule has 2 aromatic rings. The molecule has 0 heterocycles. The van der Waals surface area contributed by atoms with Crippen molar-refractivity contribution in [1.29, 1.82) is 0 Å². The van der Waals surface area contributed by atoms with Gasteiger partial charge in [-0.25, -0.2) is 14.0 Å². The second-order valence-electron chi connectivity index (χ2n) is 9.69. The summed E-state index contributed by atoms with van der Waals surface area (Å²) >= 11 is 3.05. The maximum atomic E-state index is 13.2. The third-order valence-electron chi connectivity index (χ3n) is 4.97. The summed E-state index contributed by atoms with van der Waals surface area (Å²) in [6, 6.07) is 10.9. The van der Waals surface area contributed by atoms with Crippen molar-refractivity contribution in [2.45, 2.75) is 75.8 Å². The summed E-state index contributed by atoms with van der Waals surface area (Å²) in [7, 11) is 0. The Kier molecular flexibility index (Phi) is 19.6. The predicted octanol–water partition coefficient (Wildman–Crippen LogP) is 4.73. The normalized spacial score (nSPS) is 11.3. The van der Waals surface area contributed by atoms with Crippen molar-refractivity contribution in [1.82, 2.24) is 5.32 Å². The van der Waals surface area contributed by atoms with Crippen LogP contribution < -0.4 is 11.1 Å². The van der Waals surface area contributed by atoms with E-state index in [1.54, 1.807) is 39.8 Å². The predicted molar refractivity (Wildman–Crippen MR) is 166 cm³/mol. The Balaban J connectivity index is 0.00000163. The maximum absolute atomic E-state index is 13.2. The number of hydrogen-bond acceptors (Lipinski definition) is 9. The Morgan fingerprint density at radius 3 is 1.95 bits per heavy atom. The lowest BCUT2D eigenvalue weighted by Gasteiger charge is -2.18. The fourth-order valence-electron chi connectivity index (χ4n) is 3.39. The van der Waals surface area contributed by atoms with Crippen LogP contribution in [0.3, 0.4) is 0 Å². The van der Waals surface area contributed by atoms with Crippen molar-refractivity contribution < 1.29 is 38.5 Å². The molecule has 2 aromatic carbocycles. The smallest absolute Gasteiger partial charge is 0.405 e. The van der Waals surface area contributed by atoms with Crippen LogP contribution in [0.2, 0.25) is 0 Å². The molecule has 0 radical (unpaired) electrons. The van der Waals surface area contributed by atoms with Gasteiger partial charge in [0.2, 0.25) is 5.91 Å². The van der Waals surface area contributed by atoms with E-state index in [0.717, 1.165) is 15.4 Å². The zero-order valence-electron chi connectivity index (χ0n) is 24.0. The number of nitrogens with two attached hydrogens (primary N) is 1. The molecule has 0 saturated carbocycles. The minimum Gasteiger partial charge on any atom is -0.464 e. The standard InChI is InChI=1S/C24H30FNO5S2.C5H11NO2.CH4/c1-2-31-24(30)22(15-17-3-6-19(25)7-4-17)26-23(29)8-5-18-13-20(32-11-9-27)16-21(14-18)33-12-10-28;1-5(2,3)8-4(6)7;/h3-4,6-7,13-14,16,22,27-28H,2,5,8-12,15H2,1H3,(H,26,29);1-3H3,(H2,6,7);1H4/t22-;;/m0../s1. The van der Waals surface area contributed by atoms with E-state index in [0.29, 0.717) is 23.5 Å². The summed E-state index contributed by atoms with van der Waals surface area (Å²) in [5.74, 6) is -0.0445. The number of hydrogen-bond donors (Lipinski definition) is 4. The number of amides is 2. The van der Waals surface area contributed by atoms with Crippen molar-refractivity contribution in [2.24, 2.45) is 5.73 Å². The molecule has 0 aliphatic carbocycles. The van der Waals surface area contributed by atoms with Crippen molar-refractivity contribution in [2.75, 3.05) is 31.3 Å². The molecule has 0 unspecified atom stereocenters. The molecule has 0 saturated heterocycles. The highest BCUT2D eigenvalue weighted by Gasteiger charge is 2.22. The molecule has 0 aliphatic rings. The molecule has 9 nitrogen and oxygen atoms in total. The number of nitrogens with one attached hydrogen (secondary N) is 1. The van der Waals surface area contributed by atoms with Gasteiger partial charge >= 0.3 is 12.1 Å². The van der Waals surface area contributed by atoms with Gasteiger partial charge in [0, 0.05) is 34.1 Å². The number of thioether (sulfide) groups is 2. The molecule has 0 aliphatic heterocycles. The lowest BCUT2D eigenvalue weighted by atomic mass is 10.0. The SMILES string of the molecule is C.CC(C)(C)OC(N)=O.CCOC(=O)[C@H](Cc1ccc(F)cc1)NC(=O)CCc1cc(SCCO)cc(SCCO)c1. The summed E-state index contributed by atoms with van der Waals surface area (Å²) in [6.45, 7) is 7.32. The Hall–Kier alpha value is -2.80. The first-order valence-electron chi connectivity index (χ1n) is 13.2. The number of aryl methyl sites for hydroxylation is 1. The van der Waals surface area contributed by atoms with Gasteiger partial charge in [-0.05, 0) is 75.6 Å². The van der Waals surface area contributed by atoms with Gasteiger partial charge < -0.3 is 30.7 Å². The highest BCUT2D eigenvalue weighted by atomic mass is 32.2. The summed E-state index contributed by atoms with van der Waals surface area (Å²) in [5, 5.41) is 21.0. The van der Waals surface area contributed by atoms with Crippen LogP contribution in [0.15, 0.2) is 52.3 Å². The van der Waals surface area contributed by atoms with Gasteiger partial charge in [-0.15, -0.1) is 23.5 Å². The first-order valence-corrected chi connectivity index (χ1v) is 15.1. The summed E-state index contributed by atoms with van der Waals surface area (Å²) in [5.41, 5.74) is 5.94.